The van der Waals surface area contributed by atoms with Crippen molar-refractivity contribution < 1.29 is 0 Å². The zero-order valence-corrected chi connectivity index (χ0v) is 11.4. The summed E-state index contributed by atoms with van der Waals surface area (Å²) < 4.78 is 3.22. The van der Waals surface area contributed by atoms with E-state index in [9.17, 15) is 0 Å². The van der Waals surface area contributed by atoms with Crippen LogP contribution in [0.5, 0.6) is 0 Å². The topological polar surface area (TPSA) is 30.7 Å². The Morgan fingerprint density at radius 3 is 3.06 bits per heavy atom. The minimum Gasteiger partial charge on any atom is -0.247 e. The highest BCUT2D eigenvalue weighted by molar-refractivity contribution is 9.11. The fourth-order valence-corrected chi connectivity index (χ4v) is 3.41. The van der Waals surface area contributed by atoms with Crippen molar-refractivity contribution in [3.8, 4) is 10.7 Å². The molecule has 0 aromatic carbocycles. The predicted molar refractivity (Wildman–Crippen MR) is 68.7 cm³/mol. The quantitative estimate of drug-likeness (QED) is 0.804. The maximum atomic E-state index is 4.63. The average Bonchev–Trinajstić information content (AvgIpc) is 2.84. The molecule has 0 fully saturated rings. The van der Waals surface area contributed by atoms with Gasteiger partial charge in [0, 0.05) is 6.42 Å². The Labute approximate surface area is 107 Å². The van der Waals surface area contributed by atoms with E-state index in [1.807, 2.05) is 6.07 Å². The van der Waals surface area contributed by atoms with E-state index in [1.165, 1.54) is 12.8 Å². The van der Waals surface area contributed by atoms with Gasteiger partial charge >= 0.3 is 0 Å². The number of aromatic nitrogens is 3. The normalized spacial score (nSPS) is 19.8. The summed E-state index contributed by atoms with van der Waals surface area (Å²) in [7, 11) is 0. The van der Waals surface area contributed by atoms with Crippen LogP contribution in [0.15, 0.2) is 15.9 Å². The number of aryl methyl sites for hydroxylation is 1. The molecule has 0 N–H and O–H groups in total. The molecule has 3 heterocycles. The van der Waals surface area contributed by atoms with Gasteiger partial charge in [-0.15, -0.1) is 16.4 Å². The molecule has 1 unspecified atom stereocenters. The lowest BCUT2D eigenvalue weighted by Crippen LogP contribution is -2.16. The first-order valence-corrected chi connectivity index (χ1v) is 7.06. The highest BCUT2D eigenvalue weighted by atomic mass is 79.9. The highest BCUT2D eigenvalue weighted by Gasteiger charge is 2.20. The maximum absolute atomic E-state index is 4.63. The summed E-state index contributed by atoms with van der Waals surface area (Å²) in [5.41, 5.74) is 0. The maximum Gasteiger partial charge on any atom is 0.191 e. The van der Waals surface area contributed by atoms with Gasteiger partial charge < -0.3 is 0 Å². The summed E-state index contributed by atoms with van der Waals surface area (Å²) in [5.74, 6) is 2.01. The van der Waals surface area contributed by atoms with Crippen LogP contribution in [-0.4, -0.2) is 14.8 Å². The number of thiophene rings is 1. The van der Waals surface area contributed by atoms with Crippen molar-refractivity contribution in [3.05, 3.63) is 21.7 Å². The molecule has 0 saturated carbocycles. The van der Waals surface area contributed by atoms with Gasteiger partial charge in [-0.05, 0) is 47.8 Å². The summed E-state index contributed by atoms with van der Waals surface area (Å²) in [6.45, 7) is 2.21. The van der Waals surface area contributed by atoms with Crippen LogP contribution in [0.1, 0.15) is 31.6 Å². The molecule has 0 amide bonds. The Bertz CT molecular complexity index is 517. The fourth-order valence-electron chi connectivity index (χ4n) is 2.10. The summed E-state index contributed by atoms with van der Waals surface area (Å²) >= 11 is 5.15. The molecular weight excluding hydrogens is 286 g/mol. The van der Waals surface area contributed by atoms with E-state index in [-0.39, 0.29) is 0 Å². The van der Waals surface area contributed by atoms with E-state index in [4.69, 9.17) is 0 Å². The van der Waals surface area contributed by atoms with Crippen molar-refractivity contribution in [3.63, 3.8) is 0 Å². The zero-order valence-electron chi connectivity index (χ0n) is 8.98. The van der Waals surface area contributed by atoms with Crippen LogP contribution in [-0.2, 0) is 6.42 Å². The van der Waals surface area contributed by atoms with Gasteiger partial charge in [-0.3, -0.25) is 0 Å². The van der Waals surface area contributed by atoms with Gasteiger partial charge in [0.25, 0.3) is 0 Å². The lowest BCUT2D eigenvalue weighted by Gasteiger charge is -2.18. The minimum absolute atomic E-state index is 0.494. The molecule has 0 bridgehead atoms. The largest absolute Gasteiger partial charge is 0.247 e. The summed E-state index contributed by atoms with van der Waals surface area (Å²) in [6.07, 6.45) is 3.50. The first kappa shape index (κ1) is 10.5. The van der Waals surface area contributed by atoms with Gasteiger partial charge in [0.1, 0.15) is 5.82 Å². The van der Waals surface area contributed by atoms with Crippen molar-refractivity contribution >= 4 is 27.3 Å². The molecule has 1 atom stereocenters. The molecule has 0 spiro atoms. The van der Waals surface area contributed by atoms with Crippen LogP contribution in [0.25, 0.3) is 10.7 Å². The Kier molecular flexibility index (Phi) is 2.59. The van der Waals surface area contributed by atoms with Gasteiger partial charge in [-0.2, -0.15) is 0 Å². The van der Waals surface area contributed by atoms with Gasteiger partial charge in [0.05, 0.1) is 14.7 Å². The van der Waals surface area contributed by atoms with Crippen molar-refractivity contribution in [1.29, 1.82) is 0 Å². The summed E-state index contributed by atoms with van der Waals surface area (Å²) in [4.78, 5) is 5.77. The molecule has 1 aliphatic rings. The van der Waals surface area contributed by atoms with Crippen LogP contribution in [0, 0.1) is 0 Å². The third-order valence-electron chi connectivity index (χ3n) is 2.94. The van der Waals surface area contributed by atoms with E-state index in [0.29, 0.717) is 6.04 Å². The third-order valence-corrected chi connectivity index (χ3v) is 4.55. The standard InChI is InChI=1S/C11H12BrN3S/c1-7-3-2-4-10-13-11(14-15(7)10)8-5-6-9(12)16-8/h5-7H,2-4H2,1H3. The molecule has 2 aromatic heterocycles. The number of hydrogen-bond acceptors (Lipinski definition) is 3. The second-order valence-electron chi connectivity index (χ2n) is 4.14. The molecule has 1 aliphatic heterocycles. The van der Waals surface area contributed by atoms with Crippen molar-refractivity contribution in [2.24, 2.45) is 0 Å². The summed E-state index contributed by atoms with van der Waals surface area (Å²) in [5, 5.41) is 4.61. The number of halogens is 1. The number of hydrogen-bond donors (Lipinski definition) is 0. The van der Waals surface area contributed by atoms with Crippen LogP contribution in [0.2, 0.25) is 0 Å². The Morgan fingerprint density at radius 1 is 1.50 bits per heavy atom. The predicted octanol–water partition coefficient (Wildman–Crippen LogP) is 3.67. The van der Waals surface area contributed by atoms with Crippen LogP contribution in [0.3, 0.4) is 0 Å². The van der Waals surface area contributed by atoms with Crippen molar-refractivity contribution in [2.75, 3.05) is 0 Å². The highest BCUT2D eigenvalue weighted by Crippen LogP contribution is 2.31. The van der Waals surface area contributed by atoms with Crippen LogP contribution < -0.4 is 0 Å². The molecule has 2 aromatic rings. The zero-order chi connectivity index (χ0) is 11.1. The SMILES string of the molecule is CC1CCCc2nc(-c3ccc(Br)s3)nn21. The third kappa shape index (κ3) is 1.72. The second kappa shape index (κ2) is 3.96. The van der Waals surface area contributed by atoms with E-state index in [0.717, 1.165) is 26.7 Å². The Morgan fingerprint density at radius 2 is 2.38 bits per heavy atom. The molecule has 0 radical (unpaired) electrons. The second-order valence-corrected chi connectivity index (χ2v) is 6.60. The lowest BCUT2D eigenvalue weighted by atomic mass is 10.1. The van der Waals surface area contributed by atoms with Crippen molar-refractivity contribution in [2.45, 2.75) is 32.2 Å². The number of rotatable bonds is 1. The van der Waals surface area contributed by atoms with Gasteiger partial charge in [-0.1, -0.05) is 0 Å². The number of fused-ring (bicyclic) bond motifs is 1. The Balaban J connectivity index is 2.04. The first-order valence-electron chi connectivity index (χ1n) is 5.45. The molecule has 16 heavy (non-hydrogen) atoms. The molecule has 3 nitrogen and oxygen atoms in total. The van der Waals surface area contributed by atoms with Gasteiger partial charge in [-0.25, -0.2) is 9.67 Å². The van der Waals surface area contributed by atoms with Crippen LogP contribution >= 0.6 is 27.3 Å². The molecule has 0 saturated heterocycles. The number of nitrogens with zero attached hydrogens (tertiary/aromatic N) is 3. The Hall–Kier alpha value is -0.680. The first-order chi connectivity index (χ1) is 7.74. The van der Waals surface area contributed by atoms with Gasteiger partial charge in [0.2, 0.25) is 0 Å². The van der Waals surface area contributed by atoms with E-state index >= 15 is 0 Å². The smallest absolute Gasteiger partial charge is 0.191 e. The molecule has 5 heteroatoms. The molecule has 84 valence electrons. The van der Waals surface area contributed by atoms with Crippen LogP contribution in [0.4, 0.5) is 0 Å². The average molecular weight is 298 g/mol. The minimum atomic E-state index is 0.494. The molecule has 0 aliphatic carbocycles. The van der Waals surface area contributed by atoms with E-state index in [2.05, 4.69) is 43.7 Å². The summed E-state index contributed by atoms with van der Waals surface area (Å²) in [6, 6.07) is 4.61. The van der Waals surface area contributed by atoms with E-state index < -0.39 is 0 Å². The van der Waals surface area contributed by atoms with Crippen molar-refractivity contribution in [1.82, 2.24) is 14.8 Å². The fraction of sp³-hybridized carbons (Fsp3) is 0.455. The molecular formula is C11H12BrN3S. The van der Waals surface area contributed by atoms with Gasteiger partial charge in [0.15, 0.2) is 5.82 Å². The lowest BCUT2D eigenvalue weighted by molar-refractivity contribution is 0.389. The monoisotopic (exact) mass is 297 g/mol. The van der Waals surface area contributed by atoms with E-state index in [1.54, 1.807) is 11.3 Å². The molecule has 3 rings (SSSR count).